The number of nitrogens with zero attached hydrogens (tertiary/aromatic N) is 2. The summed E-state index contributed by atoms with van der Waals surface area (Å²) in [7, 11) is 0. The summed E-state index contributed by atoms with van der Waals surface area (Å²) in [6.07, 6.45) is 3.03. The predicted octanol–water partition coefficient (Wildman–Crippen LogP) is 1.18. The van der Waals surface area contributed by atoms with E-state index >= 15 is 0 Å². The van der Waals surface area contributed by atoms with Gasteiger partial charge in [0.1, 0.15) is 6.54 Å². The molecule has 19 heavy (non-hydrogen) atoms. The first-order valence-electron chi connectivity index (χ1n) is 5.79. The zero-order valence-electron chi connectivity index (χ0n) is 10.4. The molecule has 0 amide bonds. The average molecular weight is 261 g/mol. The Bertz CT molecular complexity index is 525. The molecule has 6 nitrogen and oxygen atoms in total. The Balaban J connectivity index is 1.64. The van der Waals surface area contributed by atoms with Crippen molar-refractivity contribution in [3.8, 4) is 0 Å². The molecule has 0 bridgehead atoms. The molecule has 100 valence electrons. The second-order valence-electron chi connectivity index (χ2n) is 3.94. The maximum atomic E-state index is 11.4. The summed E-state index contributed by atoms with van der Waals surface area (Å²) in [6.45, 7) is 0.346. The molecule has 0 aliphatic rings. The Morgan fingerprint density at radius 3 is 2.79 bits per heavy atom. The van der Waals surface area contributed by atoms with Gasteiger partial charge in [-0.3, -0.25) is 4.68 Å². The normalized spacial score (nSPS) is 10.3. The molecule has 0 radical (unpaired) electrons. The minimum Gasteiger partial charge on any atom is -0.437 e. The minimum absolute atomic E-state index is 0.0197. The molecule has 1 aromatic carbocycles. The molecule has 0 aliphatic heterocycles. The summed E-state index contributed by atoms with van der Waals surface area (Å²) < 4.78 is 11.6. The molecule has 2 aromatic rings. The van der Waals surface area contributed by atoms with E-state index in [0.29, 0.717) is 12.3 Å². The number of hydrogen-bond donors (Lipinski definition) is 1. The number of carbonyl (C=O) groups is 1. The summed E-state index contributed by atoms with van der Waals surface area (Å²) in [5, 5.41) is 3.88. The third-order valence-electron chi connectivity index (χ3n) is 2.36. The minimum atomic E-state index is -0.420. The van der Waals surface area contributed by atoms with Crippen LogP contribution in [-0.2, 0) is 27.4 Å². The van der Waals surface area contributed by atoms with E-state index < -0.39 is 5.97 Å². The fourth-order valence-electron chi connectivity index (χ4n) is 1.49. The summed E-state index contributed by atoms with van der Waals surface area (Å²) in [5.74, 6) is -0.420. The van der Waals surface area contributed by atoms with Crippen molar-refractivity contribution in [1.29, 1.82) is 0 Å². The SMILES string of the molecule is Nc1cnn(CC(=O)OCOCc2ccccc2)c1. The van der Waals surface area contributed by atoms with Crippen LogP contribution in [0.4, 0.5) is 5.69 Å². The van der Waals surface area contributed by atoms with Crippen LogP contribution in [0.2, 0.25) is 0 Å². The molecular formula is C13H15N3O3. The highest BCUT2D eigenvalue weighted by Crippen LogP contribution is 2.01. The Hall–Kier alpha value is -2.34. The smallest absolute Gasteiger partial charge is 0.329 e. The van der Waals surface area contributed by atoms with Crippen molar-refractivity contribution in [2.45, 2.75) is 13.2 Å². The van der Waals surface area contributed by atoms with E-state index in [2.05, 4.69) is 5.10 Å². The van der Waals surface area contributed by atoms with Crippen molar-refractivity contribution >= 4 is 11.7 Å². The van der Waals surface area contributed by atoms with Gasteiger partial charge in [-0.15, -0.1) is 0 Å². The van der Waals surface area contributed by atoms with Crippen LogP contribution in [0.1, 0.15) is 5.56 Å². The van der Waals surface area contributed by atoms with Crippen LogP contribution in [0.5, 0.6) is 0 Å². The quantitative estimate of drug-likeness (QED) is 0.480. The second-order valence-corrected chi connectivity index (χ2v) is 3.94. The van der Waals surface area contributed by atoms with E-state index in [-0.39, 0.29) is 13.3 Å². The molecule has 0 atom stereocenters. The van der Waals surface area contributed by atoms with Gasteiger partial charge in [0.2, 0.25) is 0 Å². The first-order chi connectivity index (χ1) is 9.24. The Morgan fingerprint density at radius 1 is 1.32 bits per heavy atom. The van der Waals surface area contributed by atoms with Gasteiger partial charge in [0.25, 0.3) is 0 Å². The number of hydrogen-bond acceptors (Lipinski definition) is 5. The summed E-state index contributed by atoms with van der Waals surface area (Å²) in [4.78, 5) is 11.4. The van der Waals surface area contributed by atoms with Crippen LogP contribution in [0.15, 0.2) is 42.7 Å². The molecule has 0 spiro atoms. The van der Waals surface area contributed by atoms with Gasteiger partial charge in [0.15, 0.2) is 6.79 Å². The number of anilines is 1. The zero-order valence-corrected chi connectivity index (χ0v) is 10.4. The molecular weight excluding hydrogens is 246 g/mol. The lowest BCUT2D eigenvalue weighted by Crippen LogP contribution is -2.15. The predicted molar refractivity (Wildman–Crippen MR) is 68.8 cm³/mol. The molecule has 0 aliphatic carbocycles. The van der Waals surface area contributed by atoms with E-state index in [1.165, 1.54) is 10.9 Å². The topological polar surface area (TPSA) is 79.4 Å². The Kier molecular flexibility index (Phi) is 4.52. The van der Waals surface area contributed by atoms with Gasteiger partial charge in [-0.05, 0) is 5.56 Å². The molecule has 2 N–H and O–H groups in total. The van der Waals surface area contributed by atoms with Crippen molar-refractivity contribution in [3.63, 3.8) is 0 Å². The van der Waals surface area contributed by atoms with Crippen molar-refractivity contribution in [1.82, 2.24) is 9.78 Å². The van der Waals surface area contributed by atoms with Crippen molar-refractivity contribution in [2.75, 3.05) is 12.5 Å². The van der Waals surface area contributed by atoms with Gasteiger partial charge in [0, 0.05) is 6.20 Å². The Labute approximate surface area is 110 Å². The molecule has 1 aromatic heterocycles. The van der Waals surface area contributed by atoms with Crippen LogP contribution >= 0.6 is 0 Å². The maximum Gasteiger partial charge on any atom is 0.329 e. The fraction of sp³-hybridized carbons (Fsp3) is 0.231. The maximum absolute atomic E-state index is 11.4. The lowest BCUT2D eigenvalue weighted by atomic mass is 10.2. The van der Waals surface area contributed by atoms with Crippen LogP contribution in [0.25, 0.3) is 0 Å². The van der Waals surface area contributed by atoms with Crippen molar-refractivity contribution in [3.05, 3.63) is 48.3 Å². The first kappa shape index (κ1) is 13.1. The number of benzene rings is 1. The summed E-state index contributed by atoms with van der Waals surface area (Å²) in [5.41, 5.74) is 7.01. The summed E-state index contributed by atoms with van der Waals surface area (Å²) >= 11 is 0. The van der Waals surface area contributed by atoms with E-state index in [1.54, 1.807) is 6.20 Å². The highest BCUT2D eigenvalue weighted by Gasteiger charge is 2.05. The molecule has 0 fully saturated rings. The number of rotatable bonds is 6. The van der Waals surface area contributed by atoms with Gasteiger partial charge in [-0.1, -0.05) is 30.3 Å². The van der Waals surface area contributed by atoms with Crippen LogP contribution in [0, 0.1) is 0 Å². The zero-order chi connectivity index (χ0) is 13.5. The monoisotopic (exact) mass is 261 g/mol. The number of esters is 1. The van der Waals surface area contributed by atoms with Crippen LogP contribution in [-0.4, -0.2) is 22.5 Å². The van der Waals surface area contributed by atoms with Gasteiger partial charge in [0.05, 0.1) is 18.5 Å². The van der Waals surface area contributed by atoms with Gasteiger partial charge < -0.3 is 15.2 Å². The van der Waals surface area contributed by atoms with Crippen molar-refractivity contribution < 1.29 is 14.3 Å². The van der Waals surface area contributed by atoms with Gasteiger partial charge in [-0.2, -0.15) is 5.10 Å². The van der Waals surface area contributed by atoms with Gasteiger partial charge in [-0.25, -0.2) is 4.79 Å². The van der Waals surface area contributed by atoms with E-state index in [4.69, 9.17) is 15.2 Å². The number of nitrogen functional groups attached to an aromatic ring is 1. The van der Waals surface area contributed by atoms with E-state index in [0.717, 1.165) is 5.56 Å². The highest BCUT2D eigenvalue weighted by atomic mass is 16.7. The largest absolute Gasteiger partial charge is 0.437 e. The van der Waals surface area contributed by atoms with Crippen LogP contribution in [0.3, 0.4) is 0 Å². The van der Waals surface area contributed by atoms with Gasteiger partial charge >= 0.3 is 5.97 Å². The number of ether oxygens (including phenoxy) is 2. The number of nitrogens with two attached hydrogens (primary N) is 1. The summed E-state index contributed by atoms with van der Waals surface area (Å²) in [6, 6.07) is 9.65. The fourth-order valence-corrected chi connectivity index (χ4v) is 1.49. The Morgan fingerprint density at radius 2 is 2.11 bits per heavy atom. The number of aromatic nitrogens is 2. The number of carbonyl (C=O) groups excluding carboxylic acids is 1. The third-order valence-corrected chi connectivity index (χ3v) is 2.36. The van der Waals surface area contributed by atoms with Crippen LogP contribution < -0.4 is 5.73 Å². The van der Waals surface area contributed by atoms with E-state index in [9.17, 15) is 4.79 Å². The molecule has 0 saturated carbocycles. The lowest BCUT2D eigenvalue weighted by molar-refractivity contribution is -0.158. The molecule has 6 heteroatoms. The van der Waals surface area contributed by atoms with Crippen molar-refractivity contribution in [2.24, 2.45) is 0 Å². The standard InChI is InChI=1S/C13H15N3O3/c14-12-6-15-16(7-12)8-13(17)19-10-18-9-11-4-2-1-3-5-11/h1-7H,8-10,14H2. The first-order valence-corrected chi connectivity index (χ1v) is 5.79. The lowest BCUT2D eigenvalue weighted by Gasteiger charge is -2.06. The highest BCUT2D eigenvalue weighted by molar-refractivity contribution is 5.69. The van der Waals surface area contributed by atoms with E-state index in [1.807, 2.05) is 30.3 Å². The molecule has 0 unspecified atom stereocenters. The molecule has 0 saturated heterocycles. The second kappa shape index (κ2) is 6.55. The average Bonchev–Trinajstić information content (AvgIpc) is 2.81. The molecule has 1 heterocycles. The molecule has 2 rings (SSSR count). The third kappa shape index (κ3) is 4.44.